The van der Waals surface area contributed by atoms with Gasteiger partial charge >= 0.3 is 0 Å². The van der Waals surface area contributed by atoms with Crippen molar-refractivity contribution < 1.29 is 4.79 Å². The van der Waals surface area contributed by atoms with Gasteiger partial charge in [0, 0.05) is 31.1 Å². The molecule has 0 unspecified atom stereocenters. The van der Waals surface area contributed by atoms with Crippen molar-refractivity contribution in [1.82, 2.24) is 9.80 Å². The normalized spacial score (nSPS) is 18.4. The summed E-state index contributed by atoms with van der Waals surface area (Å²) in [7, 11) is 2.12. The van der Waals surface area contributed by atoms with Gasteiger partial charge in [0.05, 0.1) is 6.04 Å². The average molecular weight is 357 g/mol. The van der Waals surface area contributed by atoms with Crippen molar-refractivity contribution in [2.24, 2.45) is 0 Å². The fraction of sp³-hybridized carbons (Fsp3) is 0.381. The second-order valence-corrected chi connectivity index (χ2v) is 7.27. The lowest BCUT2D eigenvalue weighted by molar-refractivity contribution is -0.136. The van der Waals surface area contributed by atoms with E-state index in [-0.39, 0.29) is 11.9 Å². The lowest BCUT2D eigenvalue weighted by atomic mass is 10.0. The topological polar surface area (TPSA) is 23.6 Å². The van der Waals surface area contributed by atoms with Gasteiger partial charge in [-0.3, -0.25) is 4.79 Å². The van der Waals surface area contributed by atoms with E-state index < -0.39 is 0 Å². The summed E-state index contributed by atoms with van der Waals surface area (Å²) in [6.45, 7) is 4.58. The summed E-state index contributed by atoms with van der Waals surface area (Å²) in [5, 5.41) is 0.770. The maximum absolute atomic E-state index is 12.9. The number of benzene rings is 2. The monoisotopic (exact) mass is 356 g/mol. The third-order valence-electron chi connectivity index (χ3n) is 4.95. The van der Waals surface area contributed by atoms with Crippen LogP contribution in [0.3, 0.4) is 0 Å². The Kier molecular flexibility index (Phi) is 5.77. The number of hydrogen-bond donors (Lipinski definition) is 0. The standard InChI is InChI=1S/C21H25ClN2O/c1-16-8-9-17(14-19(16)22)10-11-21(25)24-13-12-23(2)15-20(24)18-6-4-3-5-7-18/h3-9,14,20H,10-13,15H2,1-2H3/t20-/m0/s1. The molecule has 3 rings (SSSR count). The number of likely N-dealkylation sites (N-methyl/N-ethyl adjacent to an activating group) is 1. The molecule has 4 heteroatoms. The van der Waals surface area contributed by atoms with Gasteiger partial charge < -0.3 is 9.80 Å². The van der Waals surface area contributed by atoms with Gasteiger partial charge in [0.1, 0.15) is 0 Å². The van der Waals surface area contributed by atoms with E-state index >= 15 is 0 Å². The van der Waals surface area contributed by atoms with E-state index in [2.05, 4.69) is 30.1 Å². The third-order valence-corrected chi connectivity index (χ3v) is 5.36. The Morgan fingerprint density at radius 1 is 1.16 bits per heavy atom. The van der Waals surface area contributed by atoms with Crippen LogP contribution >= 0.6 is 11.6 Å². The maximum Gasteiger partial charge on any atom is 0.223 e. The molecule has 1 saturated heterocycles. The molecule has 0 saturated carbocycles. The lowest BCUT2D eigenvalue weighted by Crippen LogP contribution is -2.49. The fourth-order valence-corrected chi connectivity index (χ4v) is 3.57. The summed E-state index contributed by atoms with van der Waals surface area (Å²) in [6.07, 6.45) is 1.25. The second-order valence-electron chi connectivity index (χ2n) is 6.86. The van der Waals surface area contributed by atoms with Crippen molar-refractivity contribution in [2.45, 2.75) is 25.8 Å². The zero-order valence-electron chi connectivity index (χ0n) is 14.9. The van der Waals surface area contributed by atoms with Gasteiger partial charge in [0.2, 0.25) is 5.91 Å². The molecule has 2 aromatic rings. The Hall–Kier alpha value is -1.84. The summed E-state index contributed by atoms with van der Waals surface area (Å²) in [5.41, 5.74) is 3.40. The Labute approximate surface area is 155 Å². The number of piperazine rings is 1. The first kappa shape index (κ1) is 18.0. The van der Waals surface area contributed by atoms with Crippen LogP contribution in [0.1, 0.15) is 29.2 Å². The molecule has 1 aliphatic rings. The zero-order chi connectivity index (χ0) is 17.8. The SMILES string of the molecule is Cc1ccc(CCC(=O)N2CCN(C)C[C@H]2c2ccccc2)cc1Cl. The number of halogens is 1. The van der Waals surface area contributed by atoms with Crippen LogP contribution in [-0.2, 0) is 11.2 Å². The lowest BCUT2D eigenvalue weighted by Gasteiger charge is -2.40. The molecule has 0 radical (unpaired) electrons. The fourth-order valence-electron chi connectivity index (χ4n) is 3.37. The minimum atomic E-state index is 0.133. The van der Waals surface area contributed by atoms with Crippen molar-refractivity contribution in [2.75, 3.05) is 26.7 Å². The van der Waals surface area contributed by atoms with Crippen LogP contribution in [0, 0.1) is 6.92 Å². The highest BCUT2D eigenvalue weighted by atomic mass is 35.5. The molecule has 1 aliphatic heterocycles. The van der Waals surface area contributed by atoms with Crippen molar-refractivity contribution in [3.8, 4) is 0 Å². The highest BCUT2D eigenvalue weighted by Gasteiger charge is 2.29. The molecule has 132 valence electrons. The predicted octanol–water partition coefficient (Wildman–Crippen LogP) is 4.10. The quantitative estimate of drug-likeness (QED) is 0.823. The van der Waals surface area contributed by atoms with Crippen LogP contribution in [0.2, 0.25) is 5.02 Å². The Balaban J connectivity index is 1.69. The first-order valence-electron chi connectivity index (χ1n) is 8.82. The van der Waals surface area contributed by atoms with E-state index in [4.69, 9.17) is 11.6 Å². The second kappa shape index (κ2) is 8.03. The summed E-state index contributed by atoms with van der Waals surface area (Å²) in [4.78, 5) is 17.2. The van der Waals surface area contributed by atoms with E-state index in [0.717, 1.165) is 42.2 Å². The Morgan fingerprint density at radius 3 is 2.64 bits per heavy atom. The van der Waals surface area contributed by atoms with Crippen LogP contribution < -0.4 is 0 Å². The third kappa shape index (κ3) is 4.42. The van der Waals surface area contributed by atoms with Gasteiger partial charge in [-0.05, 0) is 43.1 Å². The summed E-state index contributed by atoms with van der Waals surface area (Å²) >= 11 is 6.20. The van der Waals surface area contributed by atoms with Crippen LogP contribution in [0.5, 0.6) is 0 Å². The van der Waals surface area contributed by atoms with Gasteiger partial charge in [-0.1, -0.05) is 54.1 Å². The van der Waals surface area contributed by atoms with Crippen molar-refractivity contribution in [3.05, 3.63) is 70.2 Å². The molecular formula is C21H25ClN2O. The number of nitrogens with zero attached hydrogens (tertiary/aromatic N) is 2. The highest BCUT2D eigenvalue weighted by molar-refractivity contribution is 6.31. The Bertz CT molecular complexity index is 732. The largest absolute Gasteiger partial charge is 0.333 e. The van der Waals surface area contributed by atoms with Crippen LogP contribution in [0.4, 0.5) is 0 Å². The first-order chi connectivity index (χ1) is 12.0. The maximum atomic E-state index is 12.9. The highest BCUT2D eigenvalue weighted by Crippen LogP contribution is 2.26. The summed E-state index contributed by atoms with van der Waals surface area (Å²) < 4.78 is 0. The van der Waals surface area contributed by atoms with Crippen LogP contribution in [-0.4, -0.2) is 42.4 Å². The molecule has 2 aromatic carbocycles. The van der Waals surface area contributed by atoms with Gasteiger partial charge in [-0.15, -0.1) is 0 Å². The zero-order valence-corrected chi connectivity index (χ0v) is 15.7. The van der Waals surface area contributed by atoms with E-state index in [1.807, 2.05) is 42.2 Å². The van der Waals surface area contributed by atoms with Crippen molar-refractivity contribution >= 4 is 17.5 Å². The van der Waals surface area contributed by atoms with Gasteiger partial charge in [0.25, 0.3) is 0 Å². The van der Waals surface area contributed by atoms with Crippen molar-refractivity contribution in [3.63, 3.8) is 0 Å². The molecular weight excluding hydrogens is 332 g/mol. The number of aryl methyl sites for hydroxylation is 2. The molecule has 0 bridgehead atoms. The number of amides is 1. The average Bonchev–Trinajstić information content (AvgIpc) is 2.63. The van der Waals surface area contributed by atoms with Gasteiger partial charge in [0.15, 0.2) is 0 Å². The minimum absolute atomic E-state index is 0.133. The summed E-state index contributed by atoms with van der Waals surface area (Å²) in [5.74, 6) is 0.221. The number of carbonyl (C=O) groups excluding carboxylic acids is 1. The molecule has 3 nitrogen and oxygen atoms in total. The molecule has 0 N–H and O–H groups in total. The van der Waals surface area contributed by atoms with Crippen LogP contribution in [0.15, 0.2) is 48.5 Å². The first-order valence-corrected chi connectivity index (χ1v) is 9.20. The number of rotatable bonds is 4. The molecule has 0 spiro atoms. The summed E-state index contributed by atoms with van der Waals surface area (Å²) in [6, 6.07) is 16.5. The van der Waals surface area contributed by atoms with Crippen LogP contribution in [0.25, 0.3) is 0 Å². The molecule has 1 heterocycles. The Morgan fingerprint density at radius 2 is 1.92 bits per heavy atom. The molecule has 25 heavy (non-hydrogen) atoms. The molecule has 0 aromatic heterocycles. The number of carbonyl (C=O) groups is 1. The van der Waals surface area contributed by atoms with E-state index in [1.54, 1.807) is 0 Å². The van der Waals surface area contributed by atoms with E-state index in [0.29, 0.717) is 6.42 Å². The van der Waals surface area contributed by atoms with Gasteiger partial charge in [-0.25, -0.2) is 0 Å². The molecule has 0 aliphatic carbocycles. The number of hydrogen-bond acceptors (Lipinski definition) is 2. The van der Waals surface area contributed by atoms with Crippen molar-refractivity contribution in [1.29, 1.82) is 0 Å². The predicted molar refractivity (Wildman–Crippen MR) is 103 cm³/mol. The van der Waals surface area contributed by atoms with E-state index in [9.17, 15) is 4.79 Å². The molecule has 1 fully saturated rings. The smallest absolute Gasteiger partial charge is 0.223 e. The minimum Gasteiger partial charge on any atom is -0.333 e. The van der Waals surface area contributed by atoms with Gasteiger partial charge in [-0.2, -0.15) is 0 Å². The molecule has 1 atom stereocenters. The molecule has 1 amide bonds. The van der Waals surface area contributed by atoms with E-state index in [1.165, 1.54) is 5.56 Å².